The van der Waals surface area contributed by atoms with E-state index in [0.29, 0.717) is 7.92 Å². The summed E-state index contributed by atoms with van der Waals surface area (Å²) in [6.07, 6.45) is 5.48. The summed E-state index contributed by atoms with van der Waals surface area (Å²) in [4.78, 5) is 0. The van der Waals surface area contributed by atoms with Gasteiger partial charge in [-0.3, -0.25) is 0 Å². The van der Waals surface area contributed by atoms with Crippen LogP contribution >= 0.6 is 7.92 Å². The molecule has 0 saturated heterocycles. The summed E-state index contributed by atoms with van der Waals surface area (Å²) in [6.45, 7) is 9.28. The molecule has 2 heteroatoms. The zero-order valence-corrected chi connectivity index (χ0v) is 9.08. The third-order valence-electron chi connectivity index (χ3n) is 1.93. The zero-order chi connectivity index (χ0) is 8.53. The molecule has 0 fully saturated rings. The summed E-state index contributed by atoms with van der Waals surface area (Å²) in [7, 11) is 0.365. The van der Waals surface area contributed by atoms with Crippen molar-refractivity contribution < 1.29 is 0 Å². The van der Waals surface area contributed by atoms with Crippen molar-refractivity contribution in [2.24, 2.45) is 0 Å². The Bertz CT molecular complexity index is 72.0. The predicted molar refractivity (Wildman–Crippen MR) is 56.0 cm³/mol. The fourth-order valence-electron chi connectivity index (χ4n) is 1.08. The van der Waals surface area contributed by atoms with Crippen molar-refractivity contribution in [3.63, 3.8) is 0 Å². The van der Waals surface area contributed by atoms with E-state index < -0.39 is 0 Å². The lowest BCUT2D eigenvalue weighted by molar-refractivity contribution is 0.705. The van der Waals surface area contributed by atoms with E-state index in [2.05, 4.69) is 26.1 Å². The van der Waals surface area contributed by atoms with Gasteiger partial charge in [-0.25, -0.2) is 0 Å². The molecule has 0 bridgehead atoms. The second-order valence-corrected chi connectivity index (χ2v) is 5.83. The van der Waals surface area contributed by atoms with Crippen molar-refractivity contribution in [3.05, 3.63) is 0 Å². The average Bonchev–Trinajstić information content (AvgIpc) is 2.05. The smallest absolute Gasteiger partial charge is 0.000950 e. The Morgan fingerprint density at radius 1 is 1.00 bits per heavy atom. The lowest BCUT2D eigenvalue weighted by Crippen LogP contribution is -2.18. The van der Waals surface area contributed by atoms with Crippen molar-refractivity contribution in [1.29, 1.82) is 0 Å². The number of hydrogen-bond donors (Lipinski definition) is 1. The van der Waals surface area contributed by atoms with Gasteiger partial charge in [0.2, 0.25) is 0 Å². The molecule has 0 aromatic carbocycles. The molecule has 0 rings (SSSR count). The van der Waals surface area contributed by atoms with Gasteiger partial charge in [-0.2, -0.15) is 0 Å². The van der Waals surface area contributed by atoms with Gasteiger partial charge < -0.3 is 5.32 Å². The number of rotatable bonds is 7. The van der Waals surface area contributed by atoms with Crippen molar-refractivity contribution in [2.75, 3.05) is 31.6 Å². The molecule has 0 spiro atoms. The maximum Gasteiger partial charge on any atom is -0.000950 e. The molecule has 0 radical (unpaired) electrons. The fourth-order valence-corrected chi connectivity index (χ4v) is 2.63. The van der Waals surface area contributed by atoms with Crippen LogP contribution in [0.5, 0.6) is 0 Å². The van der Waals surface area contributed by atoms with E-state index in [1.807, 2.05) is 0 Å². The minimum absolute atomic E-state index is 0.365. The fraction of sp³-hybridized carbons (Fsp3) is 1.00. The summed E-state index contributed by atoms with van der Waals surface area (Å²) < 4.78 is 0. The van der Waals surface area contributed by atoms with Crippen LogP contribution in [0.2, 0.25) is 0 Å². The van der Waals surface area contributed by atoms with Gasteiger partial charge in [0.15, 0.2) is 0 Å². The van der Waals surface area contributed by atoms with Crippen LogP contribution in [0.15, 0.2) is 0 Å². The molecule has 0 amide bonds. The second kappa shape index (κ2) is 8.49. The van der Waals surface area contributed by atoms with Crippen molar-refractivity contribution in [1.82, 2.24) is 5.32 Å². The van der Waals surface area contributed by atoms with E-state index in [-0.39, 0.29) is 0 Å². The molecule has 1 N–H and O–H groups in total. The molecule has 1 nitrogen and oxygen atoms in total. The van der Waals surface area contributed by atoms with E-state index >= 15 is 0 Å². The third kappa shape index (κ3) is 6.77. The van der Waals surface area contributed by atoms with E-state index in [9.17, 15) is 0 Å². The maximum atomic E-state index is 3.45. The van der Waals surface area contributed by atoms with E-state index in [1.54, 1.807) is 0 Å². The third-order valence-corrected chi connectivity index (χ3v) is 4.57. The molecular weight excluding hydrogens is 153 g/mol. The largest absolute Gasteiger partial charge is 0.316 e. The Kier molecular flexibility index (Phi) is 8.79. The van der Waals surface area contributed by atoms with Crippen LogP contribution in [0.3, 0.4) is 0 Å². The summed E-state index contributed by atoms with van der Waals surface area (Å²) in [5.74, 6) is 0. The van der Waals surface area contributed by atoms with Gasteiger partial charge in [0.1, 0.15) is 0 Å². The second-order valence-electron chi connectivity index (χ2n) is 2.78. The minimum atomic E-state index is 0.365. The molecule has 0 saturated carbocycles. The summed E-state index contributed by atoms with van der Waals surface area (Å²) in [5, 5.41) is 3.45. The molecule has 68 valence electrons. The highest BCUT2D eigenvalue weighted by molar-refractivity contribution is 7.57. The van der Waals surface area contributed by atoms with Crippen molar-refractivity contribution in [3.8, 4) is 0 Å². The van der Waals surface area contributed by atoms with Crippen molar-refractivity contribution >= 4 is 7.92 Å². The molecule has 0 unspecified atom stereocenters. The van der Waals surface area contributed by atoms with E-state index in [0.717, 1.165) is 0 Å². The molecular formula is C9H22NP. The van der Waals surface area contributed by atoms with Crippen molar-refractivity contribution in [2.45, 2.75) is 27.2 Å². The molecule has 0 aromatic rings. The molecule has 0 heterocycles. The summed E-state index contributed by atoms with van der Waals surface area (Å²) in [5.41, 5.74) is 0. The number of nitrogens with one attached hydrogen (secondary N) is 1. The van der Waals surface area contributed by atoms with Gasteiger partial charge in [0.25, 0.3) is 0 Å². The van der Waals surface area contributed by atoms with Crippen LogP contribution in [-0.4, -0.2) is 31.6 Å². The van der Waals surface area contributed by atoms with Gasteiger partial charge >= 0.3 is 0 Å². The summed E-state index contributed by atoms with van der Waals surface area (Å²) >= 11 is 0. The Balaban J connectivity index is 3.07. The molecule has 0 aliphatic heterocycles. The SMILES string of the molecule is CCCNCCP(CC)CC. The lowest BCUT2D eigenvalue weighted by Gasteiger charge is -2.12. The Hall–Kier alpha value is 0.390. The number of hydrogen-bond acceptors (Lipinski definition) is 1. The molecule has 0 atom stereocenters. The highest BCUT2D eigenvalue weighted by Crippen LogP contribution is 2.32. The highest BCUT2D eigenvalue weighted by atomic mass is 31.1. The van der Waals surface area contributed by atoms with Gasteiger partial charge in [-0.1, -0.05) is 20.8 Å². The molecule has 11 heavy (non-hydrogen) atoms. The summed E-state index contributed by atoms with van der Waals surface area (Å²) in [6, 6.07) is 0. The minimum Gasteiger partial charge on any atom is -0.316 e. The first kappa shape index (κ1) is 11.4. The lowest BCUT2D eigenvalue weighted by atomic mass is 10.5. The first-order chi connectivity index (χ1) is 5.35. The molecule has 0 aliphatic rings. The normalized spacial score (nSPS) is 10.9. The van der Waals surface area contributed by atoms with E-state index in [4.69, 9.17) is 0 Å². The van der Waals surface area contributed by atoms with Gasteiger partial charge in [0, 0.05) is 0 Å². The highest BCUT2D eigenvalue weighted by Gasteiger charge is 1.99. The van der Waals surface area contributed by atoms with Crippen LogP contribution in [0.4, 0.5) is 0 Å². The Morgan fingerprint density at radius 2 is 1.64 bits per heavy atom. The first-order valence-electron chi connectivity index (χ1n) is 4.78. The predicted octanol–water partition coefficient (Wildman–Crippen LogP) is 2.51. The topological polar surface area (TPSA) is 12.0 Å². The van der Waals surface area contributed by atoms with E-state index in [1.165, 1.54) is 38.0 Å². The maximum absolute atomic E-state index is 3.45. The van der Waals surface area contributed by atoms with Crippen LogP contribution in [0.25, 0.3) is 0 Å². The van der Waals surface area contributed by atoms with Gasteiger partial charge in [0.05, 0.1) is 0 Å². The van der Waals surface area contributed by atoms with Crippen LogP contribution < -0.4 is 5.32 Å². The standard InChI is InChI=1S/C9H22NP/c1-4-7-10-8-9-11(5-2)6-3/h10H,4-9H2,1-3H3. The Labute approximate surface area is 72.7 Å². The van der Waals surface area contributed by atoms with Crippen LogP contribution in [-0.2, 0) is 0 Å². The average molecular weight is 175 g/mol. The molecule has 0 aliphatic carbocycles. The first-order valence-corrected chi connectivity index (χ1v) is 6.67. The van der Waals surface area contributed by atoms with Crippen LogP contribution in [0.1, 0.15) is 27.2 Å². The monoisotopic (exact) mass is 175 g/mol. The zero-order valence-electron chi connectivity index (χ0n) is 8.19. The van der Waals surface area contributed by atoms with Gasteiger partial charge in [-0.05, 0) is 38.0 Å². The Morgan fingerprint density at radius 3 is 2.09 bits per heavy atom. The van der Waals surface area contributed by atoms with Crippen LogP contribution in [0, 0.1) is 0 Å². The van der Waals surface area contributed by atoms with Gasteiger partial charge in [-0.15, -0.1) is 7.92 Å². The quantitative estimate of drug-likeness (QED) is 0.463. The molecule has 0 aromatic heterocycles.